The number of nitrogens with one attached hydrogen (secondary N) is 1. The van der Waals surface area contributed by atoms with Crippen molar-refractivity contribution in [2.24, 2.45) is 0 Å². The number of hydrogen-bond acceptors (Lipinski definition) is 4. The van der Waals surface area contributed by atoms with Crippen molar-refractivity contribution in [3.8, 4) is 0 Å². The molecule has 0 aliphatic carbocycles. The zero-order valence-corrected chi connectivity index (χ0v) is 14.9. The molecule has 0 bridgehead atoms. The van der Waals surface area contributed by atoms with Gasteiger partial charge in [0.1, 0.15) is 11.6 Å². The molecule has 2 aromatic rings. The smallest absolute Gasteiger partial charge is 0.323 e. The van der Waals surface area contributed by atoms with E-state index in [1.54, 1.807) is 12.4 Å². The van der Waals surface area contributed by atoms with Crippen LogP contribution in [0.15, 0.2) is 42.7 Å². The number of carbonyl (C=O) groups is 1. The largest absolute Gasteiger partial charge is 0.363 e. The minimum absolute atomic E-state index is 0.0857. The quantitative estimate of drug-likeness (QED) is 0.926. The predicted octanol–water partition coefficient (Wildman–Crippen LogP) is 3.69. The van der Waals surface area contributed by atoms with Gasteiger partial charge in [0.2, 0.25) is 0 Å². The van der Waals surface area contributed by atoms with E-state index in [2.05, 4.69) is 15.3 Å². The average molecular weight is 339 g/mol. The molecule has 1 aliphatic heterocycles. The molecule has 1 N–H and O–H groups in total. The molecule has 1 fully saturated rings. The minimum atomic E-state index is -0.0906. The highest BCUT2D eigenvalue weighted by molar-refractivity contribution is 5.88. The molecule has 1 aliphatic rings. The topological polar surface area (TPSA) is 61.4 Å². The summed E-state index contributed by atoms with van der Waals surface area (Å²) in [4.78, 5) is 25.4. The lowest BCUT2D eigenvalue weighted by Gasteiger charge is -2.30. The van der Waals surface area contributed by atoms with Crippen LogP contribution < -0.4 is 10.2 Å². The average Bonchev–Trinajstić information content (AvgIpc) is 2.88. The highest BCUT2D eigenvalue weighted by atomic mass is 16.2. The van der Waals surface area contributed by atoms with Gasteiger partial charge in [0.05, 0.1) is 6.04 Å². The number of hydrogen-bond donors (Lipinski definition) is 1. The monoisotopic (exact) mass is 339 g/mol. The van der Waals surface area contributed by atoms with E-state index in [0.29, 0.717) is 5.82 Å². The van der Waals surface area contributed by atoms with Gasteiger partial charge in [0, 0.05) is 33.0 Å². The normalized spacial score (nSPS) is 17.7. The Morgan fingerprint density at radius 1 is 1.16 bits per heavy atom. The van der Waals surface area contributed by atoms with E-state index < -0.39 is 0 Å². The summed E-state index contributed by atoms with van der Waals surface area (Å²) >= 11 is 0. The molecule has 2 aromatic heterocycles. The van der Waals surface area contributed by atoms with Crippen molar-refractivity contribution in [3.63, 3.8) is 0 Å². The molecule has 3 rings (SSSR count). The van der Waals surface area contributed by atoms with Crippen LogP contribution in [0.25, 0.3) is 0 Å². The van der Waals surface area contributed by atoms with Crippen LogP contribution in [0.2, 0.25) is 0 Å². The van der Waals surface area contributed by atoms with Gasteiger partial charge in [0.15, 0.2) is 0 Å². The maximum Gasteiger partial charge on any atom is 0.323 e. The molecule has 0 unspecified atom stereocenters. The molecule has 3 heterocycles. The SMILES string of the molecule is CN(C)c1cccc(NC(=O)N2CCCCC[C@@H]2c2ccncc2)n1. The van der Waals surface area contributed by atoms with Gasteiger partial charge in [-0.3, -0.25) is 10.3 Å². The molecule has 25 heavy (non-hydrogen) atoms. The summed E-state index contributed by atoms with van der Waals surface area (Å²) in [6, 6.07) is 9.64. The molecule has 0 radical (unpaired) electrons. The molecule has 0 spiro atoms. The zero-order chi connectivity index (χ0) is 17.6. The third-order valence-corrected chi connectivity index (χ3v) is 4.53. The van der Waals surface area contributed by atoms with E-state index in [9.17, 15) is 4.79 Å². The fraction of sp³-hybridized carbons (Fsp3) is 0.421. The van der Waals surface area contributed by atoms with E-state index >= 15 is 0 Å². The number of amides is 2. The van der Waals surface area contributed by atoms with Gasteiger partial charge in [-0.1, -0.05) is 18.9 Å². The molecule has 1 atom stereocenters. The minimum Gasteiger partial charge on any atom is -0.363 e. The Hall–Kier alpha value is -2.63. The van der Waals surface area contributed by atoms with Crippen molar-refractivity contribution >= 4 is 17.7 Å². The highest BCUT2D eigenvalue weighted by Gasteiger charge is 2.27. The number of likely N-dealkylation sites (tertiary alicyclic amines) is 1. The first-order valence-corrected chi connectivity index (χ1v) is 8.77. The summed E-state index contributed by atoms with van der Waals surface area (Å²) in [7, 11) is 3.87. The second kappa shape index (κ2) is 7.96. The summed E-state index contributed by atoms with van der Waals surface area (Å²) in [5.41, 5.74) is 1.14. The molecular weight excluding hydrogens is 314 g/mol. The van der Waals surface area contributed by atoms with Crippen molar-refractivity contribution in [1.82, 2.24) is 14.9 Å². The van der Waals surface area contributed by atoms with Gasteiger partial charge < -0.3 is 9.80 Å². The number of nitrogens with zero attached hydrogens (tertiary/aromatic N) is 4. The van der Waals surface area contributed by atoms with Crippen LogP contribution >= 0.6 is 0 Å². The lowest BCUT2D eigenvalue weighted by molar-refractivity contribution is 0.189. The Bertz CT molecular complexity index is 704. The Morgan fingerprint density at radius 2 is 1.96 bits per heavy atom. The van der Waals surface area contributed by atoms with E-state index in [4.69, 9.17) is 0 Å². The summed E-state index contributed by atoms with van der Waals surface area (Å²) in [6.07, 6.45) is 7.87. The summed E-state index contributed by atoms with van der Waals surface area (Å²) < 4.78 is 0. The van der Waals surface area contributed by atoms with Crippen LogP contribution in [-0.2, 0) is 0 Å². The fourth-order valence-electron chi connectivity index (χ4n) is 3.21. The van der Waals surface area contributed by atoms with Crippen LogP contribution in [-0.4, -0.2) is 41.5 Å². The van der Waals surface area contributed by atoms with Gasteiger partial charge in [0.25, 0.3) is 0 Å². The molecular formula is C19H25N5O. The number of anilines is 2. The van der Waals surface area contributed by atoms with Crippen LogP contribution in [0.4, 0.5) is 16.4 Å². The Morgan fingerprint density at radius 3 is 2.72 bits per heavy atom. The van der Waals surface area contributed by atoms with Crippen LogP contribution in [0.5, 0.6) is 0 Å². The highest BCUT2D eigenvalue weighted by Crippen LogP contribution is 2.30. The van der Waals surface area contributed by atoms with Crippen molar-refractivity contribution in [2.45, 2.75) is 31.7 Å². The van der Waals surface area contributed by atoms with Crippen molar-refractivity contribution < 1.29 is 4.79 Å². The zero-order valence-electron chi connectivity index (χ0n) is 14.9. The first-order valence-electron chi connectivity index (χ1n) is 8.77. The summed E-state index contributed by atoms with van der Waals surface area (Å²) in [6.45, 7) is 0.756. The van der Waals surface area contributed by atoms with Crippen LogP contribution in [0, 0.1) is 0 Å². The van der Waals surface area contributed by atoms with E-state index in [-0.39, 0.29) is 12.1 Å². The molecule has 1 saturated heterocycles. The first-order chi connectivity index (χ1) is 12.1. The first kappa shape index (κ1) is 17.2. The fourth-order valence-corrected chi connectivity index (χ4v) is 3.21. The molecule has 6 heteroatoms. The van der Waals surface area contributed by atoms with Crippen molar-refractivity contribution in [1.29, 1.82) is 0 Å². The van der Waals surface area contributed by atoms with Gasteiger partial charge in [-0.2, -0.15) is 0 Å². The Balaban J connectivity index is 1.79. The Kier molecular flexibility index (Phi) is 5.48. The molecule has 6 nitrogen and oxygen atoms in total. The summed E-state index contributed by atoms with van der Waals surface area (Å²) in [5.74, 6) is 1.40. The summed E-state index contributed by atoms with van der Waals surface area (Å²) in [5, 5.41) is 2.97. The predicted molar refractivity (Wildman–Crippen MR) is 99.7 cm³/mol. The van der Waals surface area contributed by atoms with Gasteiger partial charge in [-0.05, 0) is 42.7 Å². The number of rotatable bonds is 3. The number of urea groups is 1. The third kappa shape index (κ3) is 4.26. The van der Waals surface area contributed by atoms with E-state index in [0.717, 1.165) is 43.6 Å². The van der Waals surface area contributed by atoms with E-state index in [1.807, 2.05) is 54.2 Å². The maximum atomic E-state index is 12.9. The van der Waals surface area contributed by atoms with Gasteiger partial charge >= 0.3 is 6.03 Å². The second-order valence-corrected chi connectivity index (χ2v) is 6.54. The molecule has 0 aromatic carbocycles. The maximum absolute atomic E-state index is 12.9. The number of carbonyl (C=O) groups excluding carboxylic acids is 1. The standard InChI is InChI=1S/C19H25N5O/c1-23(2)18-9-6-8-17(21-18)22-19(25)24-14-5-3-4-7-16(24)15-10-12-20-13-11-15/h6,8-13,16H,3-5,7,14H2,1-2H3,(H,21,22,25)/t16-/m1/s1. The van der Waals surface area contributed by atoms with Crippen molar-refractivity contribution in [3.05, 3.63) is 48.3 Å². The van der Waals surface area contributed by atoms with Gasteiger partial charge in [-0.25, -0.2) is 9.78 Å². The van der Waals surface area contributed by atoms with Crippen molar-refractivity contribution in [2.75, 3.05) is 30.9 Å². The van der Waals surface area contributed by atoms with E-state index in [1.165, 1.54) is 0 Å². The van der Waals surface area contributed by atoms with Crippen LogP contribution in [0.1, 0.15) is 37.3 Å². The lowest BCUT2D eigenvalue weighted by Crippen LogP contribution is -2.38. The number of pyridine rings is 2. The lowest BCUT2D eigenvalue weighted by atomic mass is 10.0. The second-order valence-electron chi connectivity index (χ2n) is 6.54. The molecule has 132 valence electrons. The molecule has 0 saturated carbocycles. The van der Waals surface area contributed by atoms with Gasteiger partial charge in [-0.15, -0.1) is 0 Å². The van der Waals surface area contributed by atoms with Crippen LogP contribution in [0.3, 0.4) is 0 Å². The third-order valence-electron chi connectivity index (χ3n) is 4.53. The number of aromatic nitrogens is 2. The Labute approximate surface area is 148 Å². The molecule has 2 amide bonds.